The fourth-order valence-corrected chi connectivity index (χ4v) is 2.83. The quantitative estimate of drug-likeness (QED) is 0.804. The van der Waals surface area contributed by atoms with Crippen molar-refractivity contribution in [1.29, 1.82) is 0 Å². The SMILES string of the molecule is O=C1NCCCC[C@@H]1Nc1nc(C2CC2)nc2[nH]ccc12. The van der Waals surface area contributed by atoms with Gasteiger partial charge in [-0.1, -0.05) is 0 Å². The van der Waals surface area contributed by atoms with Gasteiger partial charge in [0.2, 0.25) is 5.91 Å². The van der Waals surface area contributed by atoms with Crippen molar-refractivity contribution in [2.45, 2.75) is 44.1 Å². The molecule has 6 heteroatoms. The number of aromatic nitrogens is 3. The Labute approximate surface area is 122 Å². The van der Waals surface area contributed by atoms with Gasteiger partial charge in [-0.05, 0) is 38.2 Å². The minimum absolute atomic E-state index is 0.0720. The molecule has 1 aliphatic carbocycles. The Balaban J connectivity index is 1.67. The van der Waals surface area contributed by atoms with Gasteiger partial charge in [-0.15, -0.1) is 0 Å². The van der Waals surface area contributed by atoms with Crippen LogP contribution in [-0.4, -0.2) is 33.4 Å². The smallest absolute Gasteiger partial charge is 0.242 e. The number of carbonyl (C=O) groups excluding carboxylic acids is 1. The molecule has 4 rings (SSSR count). The summed E-state index contributed by atoms with van der Waals surface area (Å²) >= 11 is 0. The maximum absolute atomic E-state index is 12.1. The normalized spacial score (nSPS) is 22.9. The van der Waals surface area contributed by atoms with Crippen LogP contribution < -0.4 is 10.6 Å². The number of amides is 1. The second-order valence-electron chi connectivity index (χ2n) is 5.93. The van der Waals surface area contributed by atoms with Crippen molar-refractivity contribution in [3.63, 3.8) is 0 Å². The first-order valence-corrected chi connectivity index (χ1v) is 7.70. The van der Waals surface area contributed by atoms with Gasteiger partial charge in [0.05, 0.1) is 5.39 Å². The zero-order valence-corrected chi connectivity index (χ0v) is 11.9. The summed E-state index contributed by atoms with van der Waals surface area (Å²) in [5, 5.41) is 7.25. The Morgan fingerprint density at radius 1 is 1.19 bits per heavy atom. The number of hydrogen-bond donors (Lipinski definition) is 3. The minimum atomic E-state index is -0.201. The number of fused-ring (bicyclic) bond motifs is 1. The Kier molecular flexibility index (Phi) is 3.02. The lowest BCUT2D eigenvalue weighted by molar-refractivity contribution is -0.121. The summed E-state index contributed by atoms with van der Waals surface area (Å²) in [5.41, 5.74) is 0.850. The summed E-state index contributed by atoms with van der Waals surface area (Å²) in [4.78, 5) is 24.5. The molecule has 0 aromatic carbocycles. The van der Waals surface area contributed by atoms with Crippen LogP contribution in [0.25, 0.3) is 11.0 Å². The monoisotopic (exact) mass is 285 g/mol. The maximum atomic E-state index is 12.1. The third-order valence-corrected chi connectivity index (χ3v) is 4.22. The Morgan fingerprint density at radius 2 is 2.10 bits per heavy atom. The fourth-order valence-electron chi connectivity index (χ4n) is 2.83. The molecule has 3 heterocycles. The zero-order valence-electron chi connectivity index (χ0n) is 11.9. The molecule has 110 valence electrons. The highest BCUT2D eigenvalue weighted by Gasteiger charge is 2.29. The van der Waals surface area contributed by atoms with E-state index >= 15 is 0 Å². The molecule has 1 amide bonds. The second-order valence-corrected chi connectivity index (χ2v) is 5.93. The van der Waals surface area contributed by atoms with Gasteiger partial charge in [-0.3, -0.25) is 4.79 Å². The summed E-state index contributed by atoms with van der Waals surface area (Å²) < 4.78 is 0. The standard InChI is InChI=1S/C15H19N5O/c21-15-11(3-1-2-7-17-15)18-14-10-6-8-16-13(10)19-12(20-14)9-4-5-9/h6,8-9,11H,1-5,7H2,(H,17,21)(H2,16,18,19,20)/t11-/m0/s1. The van der Waals surface area contributed by atoms with Gasteiger partial charge in [-0.25, -0.2) is 9.97 Å². The molecule has 1 aliphatic heterocycles. The molecule has 2 aliphatic rings. The highest BCUT2D eigenvalue weighted by molar-refractivity contribution is 5.91. The van der Waals surface area contributed by atoms with Crippen molar-refractivity contribution in [3.8, 4) is 0 Å². The van der Waals surface area contributed by atoms with Crippen LogP contribution in [0.4, 0.5) is 5.82 Å². The molecular weight excluding hydrogens is 266 g/mol. The van der Waals surface area contributed by atoms with E-state index in [1.807, 2.05) is 12.3 Å². The van der Waals surface area contributed by atoms with Gasteiger partial charge < -0.3 is 15.6 Å². The summed E-state index contributed by atoms with van der Waals surface area (Å²) in [5.74, 6) is 2.23. The molecule has 2 fully saturated rings. The molecule has 0 radical (unpaired) electrons. The minimum Gasteiger partial charge on any atom is -0.358 e. The first-order chi connectivity index (χ1) is 10.3. The number of nitrogens with one attached hydrogen (secondary N) is 3. The van der Waals surface area contributed by atoms with E-state index in [0.717, 1.165) is 61.3 Å². The summed E-state index contributed by atoms with van der Waals surface area (Å²) in [6.45, 7) is 0.772. The van der Waals surface area contributed by atoms with Crippen LogP contribution in [0.2, 0.25) is 0 Å². The number of hydrogen-bond acceptors (Lipinski definition) is 4. The van der Waals surface area contributed by atoms with E-state index in [1.165, 1.54) is 0 Å². The summed E-state index contributed by atoms with van der Waals surface area (Å²) in [6, 6.07) is 1.76. The third kappa shape index (κ3) is 2.46. The summed E-state index contributed by atoms with van der Waals surface area (Å²) in [7, 11) is 0. The first kappa shape index (κ1) is 12.6. The zero-order chi connectivity index (χ0) is 14.2. The molecule has 21 heavy (non-hydrogen) atoms. The maximum Gasteiger partial charge on any atom is 0.242 e. The Hall–Kier alpha value is -2.11. The number of H-pyrrole nitrogens is 1. The lowest BCUT2D eigenvalue weighted by atomic mass is 10.1. The predicted molar refractivity (Wildman–Crippen MR) is 80.1 cm³/mol. The van der Waals surface area contributed by atoms with Gasteiger partial charge >= 0.3 is 0 Å². The molecular formula is C15H19N5O. The van der Waals surface area contributed by atoms with Gasteiger partial charge in [0.25, 0.3) is 0 Å². The van der Waals surface area contributed by atoms with Crippen LogP contribution in [0, 0.1) is 0 Å². The number of aromatic amines is 1. The fraction of sp³-hybridized carbons (Fsp3) is 0.533. The second kappa shape index (κ2) is 5.02. The molecule has 2 aromatic heterocycles. The van der Waals surface area contributed by atoms with Crippen LogP contribution in [0.1, 0.15) is 43.8 Å². The molecule has 1 saturated heterocycles. The van der Waals surface area contributed by atoms with Crippen molar-refractivity contribution in [1.82, 2.24) is 20.3 Å². The van der Waals surface area contributed by atoms with E-state index in [2.05, 4.69) is 25.6 Å². The van der Waals surface area contributed by atoms with Gasteiger partial charge in [0.15, 0.2) is 0 Å². The average molecular weight is 285 g/mol. The first-order valence-electron chi connectivity index (χ1n) is 7.70. The molecule has 6 nitrogen and oxygen atoms in total. The number of rotatable bonds is 3. The topological polar surface area (TPSA) is 82.7 Å². The lowest BCUT2D eigenvalue weighted by Gasteiger charge is -2.17. The van der Waals surface area contributed by atoms with E-state index in [1.54, 1.807) is 0 Å². The number of nitrogens with zero attached hydrogens (tertiary/aromatic N) is 2. The number of anilines is 1. The largest absolute Gasteiger partial charge is 0.358 e. The van der Waals surface area contributed by atoms with Crippen LogP contribution in [0.3, 0.4) is 0 Å². The van der Waals surface area contributed by atoms with Gasteiger partial charge in [0.1, 0.15) is 23.3 Å². The molecule has 0 spiro atoms. The molecule has 1 saturated carbocycles. The third-order valence-electron chi connectivity index (χ3n) is 4.22. The van der Waals surface area contributed by atoms with E-state index in [9.17, 15) is 4.79 Å². The van der Waals surface area contributed by atoms with Gasteiger partial charge in [0, 0.05) is 18.7 Å². The molecule has 3 N–H and O–H groups in total. The molecule has 1 atom stereocenters. The van der Waals surface area contributed by atoms with Crippen molar-refractivity contribution >= 4 is 22.8 Å². The van der Waals surface area contributed by atoms with E-state index in [4.69, 9.17) is 0 Å². The van der Waals surface area contributed by atoms with Gasteiger partial charge in [-0.2, -0.15) is 0 Å². The van der Waals surface area contributed by atoms with Crippen LogP contribution in [0.5, 0.6) is 0 Å². The van der Waals surface area contributed by atoms with Crippen molar-refractivity contribution in [2.24, 2.45) is 0 Å². The van der Waals surface area contributed by atoms with Crippen molar-refractivity contribution in [2.75, 3.05) is 11.9 Å². The van der Waals surface area contributed by atoms with Crippen molar-refractivity contribution < 1.29 is 4.79 Å². The van der Waals surface area contributed by atoms with Crippen LogP contribution in [0.15, 0.2) is 12.3 Å². The highest BCUT2D eigenvalue weighted by atomic mass is 16.2. The average Bonchev–Trinajstić information content (AvgIpc) is 3.25. The van der Waals surface area contributed by atoms with Crippen LogP contribution >= 0.6 is 0 Å². The van der Waals surface area contributed by atoms with E-state index in [0.29, 0.717) is 5.92 Å². The molecule has 2 aromatic rings. The highest BCUT2D eigenvalue weighted by Crippen LogP contribution is 2.39. The van der Waals surface area contributed by atoms with E-state index in [-0.39, 0.29) is 11.9 Å². The summed E-state index contributed by atoms with van der Waals surface area (Å²) in [6.07, 6.45) is 7.13. The van der Waals surface area contributed by atoms with Crippen LogP contribution in [-0.2, 0) is 4.79 Å². The number of carbonyl (C=O) groups is 1. The molecule has 0 unspecified atom stereocenters. The Bertz CT molecular complexity index is 676. The van der Waals surface area contributed by atoms with Crippen molar-refractivity contribution in [3.05, 3.63) is 18.1 Å². The van der Waals surface area contributed by atoms with E-state index < -0.39 is 0 Å². The predicted octanol–water partition coefficient (Wildman–Crippen LogP) is 1.92. The molecule has 0 bridgehead atoms. The Morgan fingerprint density at radius 3 is 2.95 bits per heavy atom. The lowest BCUT2D eigenvalue weighted by Crippen LogP contribution is -2.38.